The Kier molecular flexibility index (Phi) is 6.62. The van der Waals surface area contributed by atoms with E-state index < -0.39 is 15.9 Å². The number of carbonyl (C=O) groups excluding carboxylic acids is 1. The minimum absolute atomic E-state index is 0.240. The van der Waals surface area contributed by atoms with E-state index in [2.05, 4.69) is 24.5 Å². The van der Waals surface area contributed by atoms with Gasteiger partial charge in [0.2, 0.25) is 5.95 Å². The van der Waals surface area contributed by atoms with E-state index in [0.717, 1.165) is 56.2 Å². The predicted molar refractivity (Wildman–Crippen MR) is 141 cm³/mol. The van der Waals surface area contributed by atoms with E-state index in [1.54, 1.807) is 54.6 Å². The van der Waals surface area contributed by atoms with Crippen molar-refractivity contribution in [3.8, 4) is 0 Å². The molecule has 1 aromatic heterocycles. The van der Waals surface area contributed by atoms with Crippen LogP contribution in [0.2, 0.25) is 0 Å². The maximum absolute atomic E-state index is 12.5. The Morgan fingerprint density at radius 2 is 1.67 bits per heavy atom. The second-order valence-corrected chi connectivity index (χ2v) is 10.5. The van der Waals surface area contributed by atoms with Gasteiger partial charge in [-0.05, 0) is 48.4 Å². The number of carbonyl (C=O) groups is 1. The Morgan fingerprint density at radius 1 is 0.944 bits per heavy atom. The van der Waals surface area contributed by atoms with Crippen molar-refractivity contribution >= 4 is 38.6 Å². The van der Waals surface area contributed by atoms with Crippen LogP contribution in [0, 0.1) is 0 Å². The van der Waals surface area contributed by atoms with E-state index in [1.165, 1.54) is 0 Å². The molecule has 0 bridgehead atoms. The molecule has 0 saturated carbocycles. The first-order valence-electron chi connectivity index (χ1n) is 11.8. The van der Waals surface area contributed by atoms with Gasteiger partial charge in [-0.2, -0.15) is 0 Å². The van der Waals surface area contributed by atoms with Crippen LogP contribution >= 0.6 is 0 Å². The van der Waals surface area contributed by atoms with Crippen LogP contribution in [-0.4, -0.2) is 61.9 Å². The van der Waals surface area contributed by atoms with E-state index in [1.807, 2.05) is 18.2 Å². The molecule has 0 spiro atoms. The summed E-state index contributed by atoms with van der Waals surface area (Å²) in [7, 11) is -3.59. The fourth-order valence-corrected chi connectivity index (χ4v) is 5.47. The maximum atomic E-state index is 12.5. The normalized spacial score (nSPS) is 14.7. The number of hydrogen-bond acceptors (Lipinski definition) is 6. The highest BCUT2D eigenvalue weighted by molar-refractivity contribution is 7.92. The molecule has 1 aliphatic rings. The van der Waals surface area contributed by atoms with Crippen LogP contribution in [0.15, 0.2) is 77.7 Å². The lowest BCUT2D eigenvalue weighted by atomic mass is 10.1. The highest BCUT2D eigenvalue weighted by Gasteiger charge is 2.21. The number of anilines is 2. The Labute approximate surface area is 210 Å². The molecule has 1 fully saturated rings. The highest BCUT2D eigenvalue weighted by atomic mass is 32.2. The Balaban J connectivity index is 1.13. The average Bonchev–Trinajstić information content (AvgIpc) is 3.33. The number of H-pyrrole nitrogens is 1. The molecule has 4 N–H and O–H groups in total. The number of piperazine rings is 1. The molecule has 0 aliphatic carbocycles. The first-order valence-corrected chi connectivity index (χ1v) is 13.3. The molecule has 1 aliphatic heterocycles. The summed E-state index contributed by atoms with van der Waals surface area (Å²) >= 11 is 0. The standard InChI is InChI=1S/C26H28N6O3S/c27-25(33)22-7-4-8-23-24(22)29-26(28-23)32-17-15-31(16-18-32)14-13-19-9-11-20(12-10-19)30-36(34,35)21-5-2-1-3-6-21/h1-12,30H,13-18H2,(H2,27,33)(H,28,29). The number of amides is 1. The number of rotatable bonds is 8. The molecule has 3 aromatic carbocycles. The molecule has 0 atom stereocenters. The monoisotopic (exact) mass is 504 g/mol. The number of para-hydroxylation sites is 1. The van der Waals surface area contributed by atoms with Crippen molar-refractivity contribution < 1.29 is 13.2 Å². The molecule has 4 aromatic rings. The van der Waals surface area contributed by atoms with Gasteiger partial charge < -0.3 is 15.6 Å². The molecular formula is C26H28N6O3S. The number of nitrogens with one attached hydrogen (secondary N) is 2. The lowest BCUT2D eigenvalue weighted by Gasteiger charge is -2.34. The first-order chi connectivity index (χ1) is 17.4. The summed E-state index contributed by atoms with van der Waals surface area (Å²) in [6.07, 6.45) is 0.873. The Hall–Kier alpha value is -3.89. The zero-order valence-corrected chi connectivity index (χ0v) is 20.5. The van der Waals surface area contributed by atoms with Crippen molar-refractivity contribution in [3.63, 3.8) is 0 Å². The molecule has 2 heterocycles. The van der Waals surface area contributed by atoms with Gasteiger partial charge >= 0.3 is 0 Å². The lowest BCUT2D eigenvalue weighted by Crippen LogP contribution is -2.47. The lowest BCUT2D eigenvalue weighted by molar-refractivity contribution is 0.100. The maximum Gasteiger partial charge on any atom is 0.261 e. The number of nitrogens with two attached hydrogens (primary N) is 1. The van der Waals surface area contributed by atoms with Gasteiger partial charge in [0.1, 0.15) is 5.52 Å². The van der Waals surface area contributed by atoms with Crippen molar-refractivity contribution in [2.24, 2.45) is 5.73 Å². The minimum atomic E-state index is -3.59. The Bertz CT molecular complexity index is 1460. The number of hydrogen-bond donors (Lipinski definition) is 3. The van der Waals surface area contributed by atoms with Crippen LogP contribution in [0.3, 0.4) is 0 Å². The molecule has 0 radical (unpaired) electrons. The van der Waals surface area contributed by atoms with Crippen molar-refractivity contribution in [1.29, 1.82) is 0 Å². The summed E-state index contributed by atoms with van der Waals surface area (Å²) in [6.45, 7) is 4.36. The second-order valence-electron chi connectivity index (χ2n) is 8.82. The van der Waals surface area contributed by atoms with Gasteiger partial charge in [-0.3, -0.25) is 14.4 Å². The first kappa shape index (κ1) is 23.8. The fourth-order valence-electron chi connectivity index (χ4n) is 4.39. The van der Waals surface area contributed by atoms with Crippen molar-refractivity contribution in [3.05, 3.63) is 83.9 Å². The second kappa shape index (κ2) is 10.00. The number of aromatic nitrogens is 2. The van der Waals surface area contributed by atoms with Gasteiger partial charge in [-0.25, -0.2) is 13.4 Å². The van der Waals surface area contributed by atoms with Crippen LogP contribution in [0.1, 0.15) is 15.9 Å². The van der Waals surface area contributed by atoms with Gasteiger partial charge in [0.15, 0.2) is 0 Å². The largest absolute Gasteiger partial charge is 0.366 e. The number of primary amides is 1. The molecule has 0 unspecified atom stereocenters. The quantitative estimate of drug-likeness (QED) is 0.339. The zero-order valence-electron chi connectivity index (χ0n) is 19.7. The van der Waals surface area contributed by atoms with Gasteiger partial charge in [0.05, 0.1) is 16.0 Å². The summed E-state index contributed by atoms with van der Waals surface area (Å²) in [4.78, 5) is 24.5. The molecule has 186 valence electrons. The van der Waals surface area contributed by atoms with E-state index in [0.29, 0.717) is 16.8 Å². The summed E-state index contributed by atoms with van der Waals surface area (Å²) in [5.74, 6) is 0.275. The number of nitrogens with zero attached hydrogens (tertiary/aromatic N) is 3. The van der Waals surface area contributed by atoms with E-state index in [-0.39, 0.29) is 4.90 Å². The number of fused-ring (bicyclic) bond motifs is 1. The number of benzene rings is 3. The summed E-state index contributed by atoms with van der Waals surface area (Å²) in [6, 6.07) is 21.2. The van der Waals surface area contributed by atoms with E-state index >= 15 is 0 Å². The van der Waals surface area contributed by atoms with Crippen LogP contribution < -0.4 is 15.4 Å². The molecule has 1 saturated heterocycles. The third kappa shape index (κ3) is 5.19. The summed E-state index contributed by atoms with van der Waals surface area (Å²) in [5.41, 5.74) is 9.01. The van der Waals surface area contributed by atoms with Gasteiger partial charge in [-0.1, -0.05) is 36.4 Å². The van der Waals surface area contributed by atoms with Gasteiger partial charge in [0.25, 0.3) is 15.9 Å². The molecule has 10 heteroatoms. The van der Waals surface area contributed by atoms with Crippen molar-refractivity contribution in [2.75, 3.05) is 42.3 Å². The van der Waals surface area contributed by atoms with Gasteiger partial charge in [0, 0.05) is 38.4 Å². The SMILES string of the molecule is NC(=O)c1cccc2[nH]c(N3CCN(CCc4ccc(NS(=O)(=O)c5ccccc5)cc4)CC3)nc12. The smallest absolute Gasteiger partial charge is 0.261 e. The van der Waals surface area contributed by atoms with E-state index in [4.69, 9.17) is 5.73 Å². The van der Waals surface area contributed by atoms with Crippen LogP contribution in [0.5, 0.6) is 0 Å². The summed E-state index contributed by atoms with van der Waals surface area (Å²) in [5, 5.41) is 0. The van der Waals surface area contributed by atoms with Crippen molar-refractivity contribution in [1.82, 2.24) is 14.9 Å². The fraction of sp³-hybridized carbons (Fsp3) is 0.231. The topological polar surface area (TPSA) is 124 Å². The number of sulfonamides is 1. The van der Waals surface area contributed by atoms with Crippen LogP contribution in [0.25, 0.3) is 11.0 Å². The average molecular weight is 505 g/mol. The van der Waals surface area contributed by atoms with Crippen LogP contribution in [0.4, 0.5) is 11.6 Å². The highest BCUT2D eigenvalue weighted by Crippen LogP contribution is 2.22. The zero-order chi connectivity index (χ0) is 25.1. The van der Waals surface area contributed by atoms with Crippen molar-refractivity contribution in [2.45, 2.75) is 11.3 Å². The van der Waals surface area contributed by atoms with Crippen LogP contribution in [-0.2, 0) is 16.4 Å². The Morgan fingerprint density at radius 3 is 2.36 bits per heavy atom. The molecular weight excluding hydrogens is 476 g/mol. The third-order valence-corrected chi connectivity index (χ3v) is 7.81. The molecule has 9 nitrogen and oxygen atoms in total. The molecule has 5 rings (SSSR count). The minimum Gasteiger partial charge on any atom is -0.366 e. The summed E-state index contributed by atoms with van der Waals surface area (Å²) < 4.78 is 27.6. The van der Waals surface area contributed by atoms with E-state index in [9.17, 15) is 13.2 Å². The molecule has 36 heavy (non-hydrogen) atoms. The third-order valence-electron chi connectivity index (χ3n) is 6.41. The predicted octanol–water partition coefficient (Wildman–Crippen LogP) is 2.83. The number of imidazole rings is 1. The van der Waals surface area contributed by atoms with Gasteiger partial charge in [-0.15, -0.1) is 0 Å². The molecule has 1 amide bonds. The number of aromatic amines is 1.